The summed E-state index contributed by atoms with van der Waals surface area (Å²) in [4.78, 5) is 5.17. The van der Waals surface area contributed by atoms with E-state index in [0.717, 1.165) is 44.3 Å². The van der Waals surface area contributed by atoms with Gasteiger partial charge in [-0.3, -0.25) is 9.80 Å². The van der Waals surface area contributed by atoms with Crippen molar-refractivity contribution in [2.75, 3.05) is 58.4 Å². The number of nitrogens with one attached hydrogen (secondary N) is 1. The maximum atomic E-state index is 5.44. The van der Waals surface area contributed by atoms with E-state index in [1.165, 1.54) is 25.9 Å². The molecule has 0 spiro atoms. The zero-order valence-electron chi connectivity index (χ0n) is 15.0. The Labute approximate surface area is 145 Å². The Morgan fingerprint density at radius 3 is 2.58 bits per heavy atom. The van der Waals surface area contributed by atoms with Crippen LogP contribution < -0.4 is 10.1 Å². The van der Waals surface area contributed by atoms with Gasteiger partial charge in [0, 0.05) is 44.8 Å². The van der Waals surface area contributed by atoms with Crippen molar-refractivity contribution in [1.29, 1.82) is 0 Å². The van der Waals surface area contributed by atoms with Gasteiger partial charge in [0.25, 0.3) is 0 Å². The molecule has 2 fully saturated rings. The van der Waals surface area contributed by atoms with Gasteiger partial charge in [0.05, 0.1) is 26.0 Å². The molecule has 0 amide bonds. The number of hydrogen-bond acceptors (Lipinski definition) is 5. The molecule has 24 heavy (non-hydrogen) atoms. The summed E-state index contributed by atoms with van der Waals surface area (Å²) in [5, 5.41) is 3.66. The molecule has 0 saturated carbocycles. The van der Waals surface area contributed by atoms with Crippen LogP contribution in [0, 0.1) is 0 Å². The topological polar surface area (TPSA) is 37.0 Å². The molecule has 2 heterocycles. The molecule has 1 N–H and O–H groups in total. The van der Waals surface area contributed by atoms with Gasteiger partial charge in [0.2, 0.25) is 0 Å². The Hall–Kier alpha value is -1.30. The SMILES string of the molecule is COc1ccccc1NC1CCN([C@H](C)CN2CCOCC2)CC1. The summed E-state index contributed by atoms with van der Waals surface area (Å²) in [6.45, 7) is 9.79. The van der Waals surface area contributed by atoms with Crippen molar-refractivity contribution in [1.82, 2.24) is 9.80 Å². The van der Waals surface area contributed by atoms with Gasteiger partial charge < -0.3 is 14.8 Å². The second kappa shape index (κ2) is 8.70. The summed E-state index contributed by atoms with van der Waals surface area (Å²) < 4.78 is 10.9. The lowest BCUT2D eigenvalue weighted by Gasteiger charge is -2.39. The average molecular weight is 333 g/mol. The van der Waals surface area contributed by atoms with E-state index in [2.05, 4.69) is 34.2 Å². The highest BCUT2D eigenvalue weighted by atomic mass is 16.5. The van der Waals surface area contributed by atoms with Crippen molar-refractivity contribution in [2.24, 2.45) is 0 Å². The Bertz CT molecular complexity index is 497. The molecule has 5 heteroatoms. The molecule has 2 saturated heterocycles. The molecule has 2 aliphatic rings. The molecular formula is C19H31N3O2. The van der Waals surface area contributed by atoms with Crippen molar-refractivity contribution < 1.29 is 9.47 Å². The number of likely N-dealkylation sites (tertiary alicyclic amines) is 1. The molecule has 0 aromatic heterocycles. The van der Waals surface area contributed by atoms with E-state index in [1.807, 2.05) is 12.1 Å². The fraction of sp³-hybridized carbons (Fsp3) is 0.684. The number of rotatable bonds is 6. The predicted octanol–water partition coefficient (Wildman–Crippen LogP) is 2.29. The van der Waals surface area contributed by atoms with Crippen LogP contribution >= 0.6 is 0 Å². The number of benzene rings is 1. The zero-order chi connectivity index (χ0) is 16.8. The third-order valence-electron chi connectivity index (χ3n) is 5.25. The lowest BCUT2D eigenvalue weighted by molar-refractivity contribution is 0.0221. The van der Waals surface area contributed by atoms with Gasteiger partial charge in [-0.15, -0.1) is 0 Å². The van der Waals surface area contributed by atoms with Crippen LogP contribution in [0.3, 0.4) is 0 Å². The monoisotopic (exact) mass is 333 g/mol. The van der Waals surface area contributed by atoms with Crippen LogP contribution in [-0.2, 0) is 4.74 Å². The largest absolute Gasteiger partial charge is 0.495 e. The summed E-state index contributed by atoms with van der Waals surface area (Å²) in [7, 11) is 1.73. The van der Waals surface area contributed by atoms with E-state index in [4.69, 9.17) is 9.47 Å². The minimum Gasteiger partial charge on any atom is -0.495 e. The number of anilines is 1. The third kappa shape index (κ3) is 4.62. The smallest absolute Gasteiger partial charge is 0.141 e. The first-order valence-electron chi connectivity index (χ1n) is 9.20. The maximum Gasteiger partial charge on any atom is 0.141 e. The van der Waals surface area contributed by atoms with Gasteiger partial charge in [0.15, 0.2) is 0 Å². The fourth-order valence-corrected chi connectivity index (χ4v) is 3.74. The summed E-state index contributed by atoms with van der Waals surface area (Å²) in [6, 6.07) is 9.35. The Morgan fingerprint density at radius 1 is 1.17 bits per heavy atom. The Balaban J connectivity index is 1.45. The molecule has 0 aliphatic carbocycles. The summed E-state index contributed by atoms with van der Waals surface area (Å²) in [5.41, 5.74) is 1.11. The molecule has 2 aliphatic heterocycles. The molecule has 0 bridgehead atoms. The fourth-order valence-electron chi connectivity index (χ4n) is 3.74. The molecule has 1 atom stereocenters. The van der Waals surface area contributed by atoms with E-state index in [9.17, 15) is 0 Å². The highest BCUT2D eigenvalue weighted by Crippen LogP contribution is 2.26. The van der Waals surface area contributed by atoms with Crippen LogP contribution in [0.15, 0.2) is 24.3 Å². The molecule has 1 aromatic carbocycles. The second-order valence-corrected chi connectivity index (χ2v) is 6.92. The second-order valence-electron chi connectivity index (χ2n) is 6.92. The number of para-hydroxylation sites is 2. The van der Waals surface area contributed by atoms with Crippen molar-refractivity contribution >= 4 is 5.69 Å². The first-order chi connectivity index (χ1) is 11.8. The van der Waals surface area contributed by atoms with Crippen molar-refractivity contribution in [3.63, 3.8) is 0 Å². The quantitative estimate of drug-likeness (QED) is 0.864. The number of piperidine rings is 1. The van der Waals surface area contributed by atoms with Crippen LogP contribution in [0.1, 0.15) is 19.8 Å². The maximum absolute atomic E-state index is 5.44. The molecule has 1 aromatic rings. The first-order valence-corrected chi connectivity index (χ1v) is 9.20. The van der Waals surface area contributed by atoms with E-state index in [-0.39, 0.29) is 0 Å². The number of hydrogen-bond donors (Lipinski definition) is 1. The van der Waals surface area contributed by atoms with Crippen molar-refractivity contribution in [3.8, 4) is 5.75 Å². The lowest BCUT2D eigenvalue weighted by Crippen LogP contribution is -2.49. The summed E-state index contributed by atoms with van der Waals surface area (Å²) in [6.07, 6.45) is 2.37. The molecule has 5 nitrogen and oxygen atoms in total. The predicted molar refractivity (Wildman–Crippen MR) is 97.9 cm³/mol. The van der Waals surface area contributed by atoms with E-state index in [1.54, 1.807) is 7.11 Å². The number of methoxy groups -OCH3 is 1. The third-order valence-corrected chi connectivity index (χ3v) is 5.25. The number of nitrogens with zero attached hydrogens (tertiary/aromatic N) is 2. The van der Waals surface area contributed by atoms with Crippen LogP contribution in [0.25, 0.3) is 0 Å². The molecule has 0 radical (unpaired) electrons. The Kier molecular flexibility index (Phi) is 6.35. The summed E-state index contributed by atoms with van der Waals surface area (Å²) in [5.74, 6) is 0.931. The van der Waals surface area contributed by atoms with Crippen LogP contribution in [0.5, 0.6) is 5.75 Å². The van der Waals surface area contributed by atoms with Gasteiger partial charge in [-0.2, -0.15) is 0 Å². The molecule has 3 rings (SSSR count). The van der Waals surface area contributed by atoms with Gasteiger partial charge in [-0.05, 0) is 31.9 Å². The van der Waals surface area contributed by atoms with Gasteiger partial charge in [-0.25, -0.2) is 0 Å². The van der Waals surface area contributed by atoms with Crippen LogP contribution in [-0.4, -0.2) is 74.9 Å². The lowest BCUT2D eigenvalue weighted by atomic mass is 10.0. The van der Waals surface area contributed by atoms with Crippen molar-refractivity contribution in [3.05, 3.63) is 24.3 Å². The molecule has 0 unspecified atom stereocenters. The average Bonchev–Trinajstić information content (AvgIpc) is 2.63. The van der Waals surface area contributed by atoms with E-state index in [0.29, 0.717) is 12.1 Å². The highest BCUT2D eigenvalue weighted by molar-refractivity contribution is 5.56. The van der Waals surface area contributed by atoms with Gasteiger partial charge in [-0.1, -0.05) is 12.1 Å². The molecular weight excluding hydrogens is 302 g/mol. The zero-order valence-corrected chi connectivity index (χ0v) is 15.0. The first kappa shape index (κ1) is 17.5. The number of ether oxygens (including phenoxy) is 2. The number of morpholine rings is 1. The summed E-state index contributed by atoms with van der Waals surface area (Å²) >= 11 is 0. The standard InChI is InChI=1S/C19H31N3O2/c1-16(15-21-11-13-24-14-12-21)22-9-7-17(8-10-22)20-18-5-3-4-6-19(18)23-2/h3-6,16-17,20H,7-15H2,1-2H3/t16-/m1/s1. The van der Waals surface area contributed by atoms with Crippen LogP contribution in [0.2, 0.25) is 0 Å². The van der Waals surface area contributed by atoms with Crippen LogP contribution in [0.4, 0.5) is 5.69 Å². The molecule has 134 valence electrons. The van der Waals surface area contributed by atoms with Gasteiger partial charge in [0.1, 0.15) is 5.75 Å². The van der Waals surface area contributed by atoms with Gasteiger partial charge >= 0.3 is 0 Å². The van der Waals surface area contributed by atoms with E-state index < -0.39 is 0 Å². The highest BCUT2D eigenvalue weighted by Gasteiger charge is 2.24. The minimum atomic E-state index is 0.535. The van der Waals surface area contributed by atoms with Crippen molar-refractivity contribution in [2.45, 2.75) is 31.8 Å². The van der Waals surface area contributed by atoms with E-state index >= 15 is 0 Å². The Morgan fingerprint density at radius 2 is 1.88 bits per heavy atom. The normalized spacial score (nSPS) is 22.2. The minimum absolute atomic E-state index is 0.535.